The zero-order valence-electron chi connectivity index (χ0n) is 4.85. The van der Waals surface area contributed by atoms with Crippen molar-refractivity contribution in [1.82, 2.24) is 0 Å². The minimum Gasteiger partial charge on any atom is -0.120 e. The van der Waals surface area contributed by atoms with Crippen molar-refractivity contribution in [3.05, 3.63) is 10.8 Å². The van der Waals surface area contributed by atoms with Crippen LogP contribution in [0.4, 0.5) is 0 Å². The summed E-state index contributed by atoms with van der Waals surface area (Å²) in [4.78, 5) is 0. The first-order valence-electron chi connectivity index (χ1n) is 2.84. The minimum absolute atomic E-state index is 1.28. The van der Waals surface area contributed by atoms with Gasteiger partial charge in [0.1, 0.15) is 0 Å². The highest BCUT2D eigenvalue weighted by Crippen LogP contribution is 2.31. The van der Waals surface area contributed by atoms with Crippen LogP contribution in [0.3, 0.4) is 0 Å². The van der Waals surface area contributed by atoms with Crippen LogP contribution in [0.15, 0.2) is 10.8 Å². The zero-order valence-corrected chi connectivity index (χ0v) is 6.49. The summed E-state index contributed by atoms with van der Waals surface area (Å²) < 4.78 is 1.31. The van der Waals surface area contributed by atoms with Gasteiger partial charge in [0.2, 0.25) is 0 Å². The number of thioether (sulfide) groups is 2. The number of hydrogen-bond acceptors (Lipinski definition) is 2. The van der Waals surface area contributed by atoms with Crippen molar-refractivity contribution in [1.29, 1.82) is 0 Å². The second-order valence-electron chi connectivity index (χ2n) is 1.78. The Hall–Kier alpha value is 0.440. The minimum atomic E-state index is 1.28. The quantitative estimate of drug-likeness (QED) is 0.515. The van der Waals surface area contributed by atoms with Crippen LogP contribution in [0.5, 0.6) is 0 Å². The fraction of sp³-hybridized carbons (Fsp3) is 0.667. The number of rotatable bonds is 0. The number of hydrogen-bond donors (Lipinski definition) is 0. The van der Waals surface area contributed by atoms with Gasteiger partial charge in [-0.25, -0.2) is 0 Å². The van der Waals surface area contributed by atoms with Crippen molar-refractivity contribution in [2.75, 3.05) is 11.5 Å². The molecule has 2 heteroatoms. The molecule has 0 nitrogen and oxygen atoms in total. The SMILES string of the molecule is C=C1SCCCCS1. The standard InChI is InChI=1S/C6H10S2/c1-6-7-4-2-3-5-8-6/h1-5H2. The van der Waals surface area contributed by atoms with Gasteiger partial charge in [-0.15, -0.1) is 23.5 Å². The van der Waals surface area contributed by atoms with Crippen LogP contribution in [-0.2, 0) is 0 Å². The second kappa shape index (κ2) is 3.46. The Bertz CT molecular complexity index is 78.5. The molecule has 0 aromatic carbocycles. The lowest BCUT2D eigenvalue weighted by atomic mass is 10.4. The fourth-order valence-electron chi connectivity index (χ4n) is 0.618. The fourth-order valence-corrected chi connectivity index (χ4v) is 2.60. The molecule has 8 heavy (non-hydrogen) atoms. The molecule has 0 amide bonds. The highest BCUT2D eigenvalue weighted by atomic mass is 32.2. The van der Waals surface area contributed by atoms with Crippen molar-refractivity contribution < 1.29 is 0 Å². The largest absolute Gasteiger partial charge is 0.120 e. The van der Waals surface area contributed by atoms with Crippen molar-refractivity contribution >= 4 is 23.5 Å². The Labute approximate surface area is 59.1 Å². The molecule has 0 aliphatic carbocycles. The van der Waals surface area contributed by atoms with Crippen LogP contribution in [0.25, 0.3) is 0 Å². The summed E-state index contributed by atoms with van der Waals surface area (Å²) in [5, 5.41) is 0. The third-order valence-electron chi connectivity index (χ3n) is 1.06. The van der Waals surface area contributed by atoms with E-state index in [1.54, 1.807) is 0 Å². The molecule has 0 N–H and O–H groups in total. The molecule has 1 fully saturated rings. The summed E-state index contributed by atoms with van der Waals surface area (Å²) in [5.41, 5.74) is 0. The molecule has 0 aromatic heterocycles. The molecule has 0 radical (unpaired) electrons. The van der Waals surface area contributed by atoms with Crippen LogP contribution in [0, 0.1) is 0 Å². The summed E-state index contributed by atoms with van der Waals surface area (Å²) in [6.45, 7) is 3.90. The van der Waals surface area contributed by atoms with Gasteiger partial charge in [0.05, 0.1) is 0 Å². The van der Waals surface area contributed by atoms with Crippen molar-refractivity contribution in [2.45, 2.75) is 12.8 Å². The normalized spacial score (nSPS) is 22.8. The van der Waals surface area contributed by atoms with E-state index in [9.17, 15) is 0 Å². The first kappa shape index (κ1) is 6.56. The van der Waals surface area contributed by atoms with E-state index >= 15 is 0 Å². The molecule has 0 spiro atoms. The molecular weight excluding hydrogens is 136 g/mol. The maximum atomic E-state index is 3.90. The van der Waals surface area contributed by atoms with Crippen LogP contribution in [0.2, 0.25) is 0 Å². The van der Waals surface area contributed by atoms with E-state index in [2.05, 4.69) is 6.58 Å². The third-order valence-corrected chi connectivity index (χ3v) is 3.40. The lowest BCUT2D eigenvalue weighted by Crippen LogP contribution is -1.74. The highest BCUT2D eigenvalue weighted by Gasteiger charge is 2.00. The molecule has 1 aliphatic rings. The monoisotopic (exact) mass is 146 g/mol. The maximum absolute atomic E-state index is 3.90. The molecule has 1 heterocycles. The topological polar surface area (TPSA) is 0 Å². The molecule has 46 valence electrons. The van der Waals surface area contributed by atoms with E-state index in [0.29, 0.717) is 0 Å². The highest BCUT2D eigenvalue weighted by molar-refractivity contribution is 8.22. The van der Waals surface area contributed by atoms with Gasteiger partial charge in [-0.3, -0.25) is 0 Å². The van der Waals surface area contributed by atoms with E-state index in [4.69, 9.17) is 0 Å². The summed E-state index contributed by atoms with van der Waals surface area (Å²) in [7, 11) is 0. The Morgan fingerprint density at radius 1 is 1.12 bits per heavy atom. The zero-order chi connectivity index (χ0) is 5.82. The Morgan fingerprint density at radius 3 is 2.12 bits per heavy atom. The Balaban J connectivity index is 2.27. The Kier molecular flexibility index (Phi) is 2.84. The summed E-state index contributed by atoms with van der Waals surface area (Å²) in [5.74, 6) is 2.57. The van der Waals surface area contributed by atoms with Crippen LogP contribution in [-0.4, -0.2) is 11.5 Å². The van der Waals surface area contributed by atoms with Gasteiger partial charge in [0, 0.05) is 4.24 Å². The lowest BCUT2D eigenvalue weighted by Gasteiger charge is -1.93. The van der Waals surface area contributed by atoms with Gasteiger partial charge < -0.3 is 0 Å². The Morgan fingerprint density at radius 2 is 1.62 bits per heavy atom. The maximum Gasteiger partial charge on any atom is 0.0328 e. The van der Waals surface area contributed by atoms with Crippen LogP contribution in [0.1, 0.15) is 12.8 Å². The molecule has 0 bridgehead atoms. The van der Waals surface area contributed by atoms with E-state index in [0.717, 1.165) is 0 Å². The molecule has 0 aromatic rings. The van der Waals surface area contributed by atoms with Crippen LogP contribution < -0.4 is 0 Å². The predicted octanol–water partition coefficient (Wildman–Crippen LogP) is 2.72. The van der Waals surface area contributed by atoms with E-state index in [1.807, 2.05) is 23.5 Å². The summed E-state index contributed by atoms with van der Waals surface area (Å²) in [6.07, 6.45) is 2.74. The van der Waals surface area contributed by atoms with E-state index in [1.165, 1.54) is 28.6 Å². The van der Waals surface area contributed by atoms with Gasteiger partial charge in [0.15, 0.2) is 0 Å². The first-order chi connectivity index (χ1) is 3.89. The van der Waals surface area contributed by atoms with Gasteiger partial charge in [-0.1, -0.05) is 6.58 Å². The molecule has 0 unspecified atom stereocenters. The van der Waals surface area contributed by atoms with Crippen molar-refractivity contribution in [3.8, 4) is 0 Å². The van der Waals surface area contributed by atoms with Crippen LogP contribution >= 0.6 is 23.5 Å². The summed E-state index contributed by atoms with van der Waals surface area (Å²) in [6, 6.07) is 0. The van der Waals surface area contributed by atoms with E-state index in [-0.39, 0.29) is 0 Å². The average Bonchev–Trinajstić information content (AvgIpc) is 1.94. The average molecular weight is 146 g/mol. The first-order valence-corrected chi connectivity index (χ1v) is 4.81. The van der Waals surface area contributed by atoms with Gasteiger partial charge in [-0.05, 0) is 24.3 Å². The van der Waals surface area contributed by atoms with Crippen molar-refractivity contribution in [3.63, 3.8) is 0 Å². The van der Waals surface area contributed by atoms with Gasteiger partial charge >= 0.3 is 0 Å². The van der Waals surface area contributed by atoms with Gasteiger partial charge in [-0.2, -0.15) is 0 Å². The molecular formula is C6H10S2. The summed E-state index contributed by atoms with van der Waals surface area (Å²) >= 11 is 3.81. The molecule has 1 aliphatic heterocycles. The molecule has 0 atom stereocenters. The van der Waals surface area contributed by atoms with Crippen molar-refractivity contribution in [2.24, 2.45) is 0 Å². The molecule has 1 rings (SSSR count). The molecule has 1 saturated heterocycles. The third kappa shape index (κ3) is 2.14. The molecule has 0 saturated carbocycles. The lowest BCUT2D eigenvalue weighted by molar-refractivity contribution is 0.912. The second-order valence-corrected chi connectivity index (χ2v) is 4.41. The van der Waals surface area contributed by atoms with E-state index < -0.39 is 0 Å². The van der Waals surface area contributed by atoms with Gasteiger partial charge in [0.25, 0.3) is 0 Å². The smallest absolute Gasteiger partial charge is 0.0328 e. The predicted molar refractivity (Wildman–Crippen MR) is 43.3 cm³/mol.